The molecule has 3 aromatic rings. The van der Waals surface area contributed by atoms with Crippen molar-refractivity contribution in [1.29, 1.82) is 0 Å². The Balaban J connectivity index is 2.30. The maximum atomic E-state index is 11.4. The van der Waals surface area contributed by atoms with E-state index in [9.17, 15) is 4.79 Å². The van der Waals surface area contributed by atoms with E-state index < -0.39 is 0 Å². The van der Waals surface area contributed by atoms with Gasteiger partial charge in [0.25, 0.3) is 5.56 Å². The molecule has 17 heavy (non-hydrogen) atoms. The van der Waals surface area contributed by atoms with Crippen LogP contribution in [0.3, 0.4) is 0 Å². The van der Waals surface area contributed by atoms with Crippen LogP contribution in [0.25, 0.3) is 33.2 Å². The molecule has 0 bridgehead atoms. The van der Waals surface area contributed by atoms with E-state index in [1.807, 2.05) is 24.3 Å². The zero-order valence-electron chi connectivity index (χ0n) is 8.90. The number of aromatic nitrogens is 2. The number of hydrogen-bond donors (Lipinski definition) is 1. The second-order valence-electron chi connectivity index (χ2n) is 4.20. The van der Waals surface area contributed by atoms with E-state index in [1.54, 1.807) is 6.07 Å². The van der Waals surface area contributed by atoms with Crippen molar-refractivity contribution in [3.8, 4) is 22.4 Å². The Kier molecular flexibility index (Phi) is 1.45. The van der Waals surface area contributed by atoms with Crippen LogP contribution in [0.4, 0.5) is 0 Å². The minimum atomic E-state index is -0.159. The van der Waals surface area contributed by atoms with Crippen LogP contribution in [0, 0.1) is 0 Å². The molecule has 0 aliphatic heterocycles. The van der Waals surface area contributed by atoms with Crippen molar-refractivity contribution in [3.63, 3.8) is 0 Å². The molecule has 4 rings (SSSR count). The second kappa shape index (κ2) is 2.83. The van der Waals surface area contributed by atoms with Crippen LogP contribution >= 0.6 is 0 Å². The summed E-state index contributed by atoms with van der Waals surface area (Å²) >= 11 is 0. The van der Waals surface area contributed by atoms with E-state index in [0.717, 1.165) is 22.4 Å². The van der Waals surface area contributed by atoms with Crippen molar-refractivity contribution in [2.24, 2.45) is 0 Å². The zero-order chi connectivity index (χ0) is 11.4. The van der Waals surface area contributed by atoms with Crippen molar-refractivity contribution in [2.45, 2.75) is 0 Å². The van der Waals surface area contributed by atoms with E-state index >= 15 is 0 Å². The molecule has 0 fully saturated rings. The number of aromatic amines is 1. The molecule has 0 spiro atoms. The summed E-state index contributed by atoms with van der Waals surface area (Å²) in [6.07, 6.45) is 0. The number of nitrogens with one attached hydrogen (secondary N) is 1. The van der Waals surface area contributed by atoms with Crippen LogP contribution in [0.5, 0.6) is 0 Å². The van der Waals surface area contributed by atoms with Gasteiger partial charge in [-0.25, -0.2) is 5.10 Å². The number of fused-ring (bicyclic) bond motifs is 3. The Morgan fingerprint density at radius 2 is 1.71 bits per heavy atom. The van der Waals surface area contributed by atoms with Gasteiger partial charge in [-0.05, 0) is 16.3 Å². The minimum Gasteiger partial charge on any atom is -0.268 e. The summed E-state index contributed by atoms with van der Waals surface area (Å²) in [5.74, 6) is 0. The fraction of sp³-hybridized carbons (Fsp3) is 0. The highest BCUT2D eigenvalue weighted by Crippen LogP contribution is 2.44. The minimum absolute atomic E-state index is 0.159. The molecule has 0 saturated heterocycles. The first kappa shape index (κ1) is 8.70. The van der Waals surface area contributed by atoms with Crippen molar-refractivity contribution >= 4 is 10.8 Å². The van der Waals surface area contributed by atoms with Gasteiger partial charge in [-0.3, -0.25) is 4.79 Å². The molecule has 0 amide bonds. The quantitative estimate of drug-likeness (QED) is 0.495. The summed E-state index contributed by atoms with van der Waals surface area (Å²) in [4.78, 5) is 11.4. The average molecular weight is 220 g/mol. The van der Waals surface area contributed by atoms with Gasteiger partial charge in [-0.2, -0.15) is 5.10 Å². The standard InChI is InChI=1S/C14H8N2O/c17-12-7-11-9-5-1-3-8-4-2-6-10(13(8)9)14(11)16-15-12/h1-7H,(H,15,17). The van der Waals surface area contributed by atoms with Crippen molar-refractivity contribution < 1.29 is 0 Å². The zero-order valence-corrected chi connectivity index (χ0v) is 8.90. The maximum absolute atomic E-state index is 11.4. The Morgan fingerprint density at radius 1 is 0.941 bits per heavy atom. The Bertz CT molecular complexity index is 813. The van der Waals surface area contributed by atoms with Crippen LogP contribution in [-0.2, 0) is 0 Å². The number of H-pyrrole nitrogens is 1. The van der Waals surface area contributed by atoms with Gasteiger partial charge in [0.05, 0.1) is 5.69 Å². The van der Waals surface area contributed by atoms with Gasteiger partial charge in [0, 0.05) is 17.2 Å². The fourth-order valence-electron chi connectivity index (χ4n) is 2.58. The number of benzene rings is 2. The summed E-state index contributed by atoms with van der Waals surface area (Å²) in [5.41, 5.74) is 3.85. The van der Waals surface area contributed by atoms with E-state index in [0.29, 0.717) is 0 Å². The molecular formula is C14H8N2O. The molecule has 1 aliphatic rings. The highest BCUT2D eigenvalue weighted by atomic mass is 16.1. The third-order valence-electron chi connectivity index (χ3n) is 3.26. The van der Waals surface area contributed by atoms with Crippen LogP contribution in [0.1, 0.15) is 0 Å². The van der Waals surface area contributed by atoms with Gasteiger partial charge in [0.1, 0.15) is 0 Å². The molecule has 3 heteroatoms. The van der Waals surface area contributed by atoms with Crippen LogP contribution < -0.4 is 5.56 Å². The average Bonchev–Trinajstić information content (AvgIpc) is 2.67. The molecule has 0 saturated carbocycles. The lowest BCUT2D eigenvalue weighted by molar-refractivity contribution is 1.00. The molecular weight excluding hydrogens is 212 g/mol. The lowest BCUT2D eigenvalue weighted by atomic mass is 10.0. The van der Waals surface area contributed by atoms with Gasteiger partial charge >= 0.3 is 0 Å². The summed E-state index contributed by atoms with van der Waals surface area (Å²) in [7, 11) is 0. The predicted molar refractivity (Wildman–Crippen MR) is 66.8 cm³/mol. The third-order valence-corrected chi connectivity index (χ3v) is 3.26. The number of hydrogen-bond acceptors (Lipinski definition) is 2. The summed E-state index contributed by atoms with van der Waals surface area (Å²) < 4.78 is 0. The predicted octanol–water partition coefficient (Wildman–Crippen LogP) is 2.57. The van der Waals surface area contributed by atoms with Crippen LogP contribution in [0.15, 0.2) is 47.3 Å². The third kappa shape index (κ3) is 1.00. The fourth-order valence-corrected chi connectivity index (χ4v) is 2.58. The number of rotatable bonds is 0. The second-order valence-corrected chi connectivity index (χ2v) is 4.20. The molecule has 1 heterocycles. The van der Waals surface area contributed by atoms with E-state index in [1.165, 1.54) is 10.8 Å². The molecule has 0 radical (unpaired) electrons. The first-order valence-electron chi connectivity index (χ1n) is 5.47. The molecule has 1 aromatic heterocycles. The summed E-state index contributed by atoms with van der Waals surface area (Å²) in [6.45, 7) is 0. The smallest absolute Gasteiger partial charge is 0.264 e. The molecule has 2 aromatic carbocycles. The maximum Gasteiger partial charge on any atom is 0.264 e. The van der Waals surface area contributed by atoms with Crippen molar-refractivity contribution in [1.82, 2.24) is 10.2 Å². The first-order chi connectivity index (χ1) is 8.34. The van der Waals surface area contributed by atoms with Crippen molar-refractivity contribution in [3.05, 3.63) is 52.8 Å². The molecule has 80 valence electrons. The lowest BCUT2D eigenvalue weighted by Crippen LogP contribution is -2.06. The Hall–Kier alpha value is -2.42. The number of nitrogens with zero attached hydrogens (tertiary/aromatic N) is 1. The van der Waals surface area contributed by atoms with E-state index in [2.05, 4.69) is 22.3 Å². The lowest BCUT2D eigenvalue weighted by Gasteiger charge is -1.99. The molecule has 1 aliphatic carbocycles. The van der Waals surface area contributed by atoms with E-state index in [4.69, 9.17) is 0 Å². The summed E-state index contributed by atoms with van der Waals surface area (Å²) in [6, 6.07) is 13.9. The van der Waals surface area contributed by atoms with Gasteiger partial charge in [0.2, 0.25) is 0 Å². The Morgan fingerprint density at radius 3 is 2.53 bits per heavy atom. The topological polar surface area (TPSA) is 45.8 Å². The molecule has 3 nitrogen and oxygen atoms in total. The Labute approximate surface area is 96.7 Å². The largest absolute Gasteiger partial charge is 0.268 e. The summed E-state index contributed by atoms with van der Waals surface area (Å²) in [5, 5.41) is 9.04. The van der Waals surface area contributed by atoms with Gasteiger partial charge in [0.15, 0.2) is 0 Å². The highest BCUT2D eigenvalue weighted by molar-refractivity contribution is 6.13. The first-order valence-corrected chi connectivity index (χ1v) is 5.47. The molecule has 0 unspecified atom stereocenters. The SMILES string of the molecule is O=c1cc2c(n[nH]1)-c1cccc3cccc-2c13. The van der Waals surface area contributed by atoms with Gasteiger partial charge in [-0.1, -0.05) is 36.4 Å². The van der Waals surface area contributed by atoms with Crippen LogP contribution in [-0.4, -0.2) is 10.2 Å². The van der Waals surface area contributed by atoms with E-state index in [-0.39, 0.29) is 5.56 Å². The van der Waals surface area contributed by atoms with Crippen molar-refractivity contribution in [2.75, 3.05) is 0 Å². The monoisotopic (exact) mass is 220 g/mol. The highest BCUT2D eigenvalue weighted by Gasteiger charge is 2.22. The van der Waals surface area contributed by atoms with Gasteiger partial charge < -0.3 is 0 Å². The molecule has 0 atom stereocenters. The van der Waals surface area contributed by atoms with Gasteiger partial charge in [-0.15, -0.1) is 0 Å². The normalized spacial score (nSPS) is 11.8. The van der Waals surface area contributed by atoms with Crippen LogP contribution in [0.2, 0.25) is 0 Å². The molecule has 1 N–H and O–H groups in total.